The van der Waals surface area contributed by atoms with E-state index in [0.717, 1.165) is 5.57 Å². The van der Waals surface area contributed by atoms with Crippen molar-refractivity contribution in [2.45, 2.75) is 13.8 Å². The van der Waals surface area contributed by atoms with Gasteiger partial charge in [0.25, 0.3) is 5.56 Å². The van der Waals surface area contributed by atoms with Gasteiger partial charge < -0.3 is 5.32 Å². The third kappa shape index (κ3) is 2.93. The maximum absolute atomic E-state index is 10.9. The molecule has 0 aromatic carbocycles. The molecule has 76 valence electrons. The minimum atomic E-state index is -0.502. The molecule has 1 aromatic rings. The molecule has 0 saturated heterocycles. The minimum absolute atomic E-state index is 0.408. The molecule has 0 aliphatic rings. The van der Waals surface area contributed by atoms with Crippen molar-refractivity contribution in [2.24, 2.45) is 0 Å². The zero-order chi connectivity index (χ0) is 10.6. The van der Waals surface area contributed by atoms with Crippen molar-refractivity contribution in [3.63, 3.8) is 0 Å². The van der Waals surface area contributed by atoms with Crippen molar-refractivity contribution < 1.29 is 0 Å². The number of aromatic nitrogens is 2. The first-order chi connectivity index (χ1) is 6.61. The molecule has 0 spiro atoms. The van der Waals surface area contributed by atoms with Crippen LogP contribution in [-0.4, -0.2) is 16.5 Å². The number of hydrogen-bond acceptors (Lipinski definition) is 3. The van der Waals surface area contributed by atoms with Gasteiger partial charge in [0.05, 0.1) is 0 Å². The molecule has 3 N–H and O–H groups in total. The lowest BCUT2D eigenvalue weighted by atomic mass is 10.3. The first-order valence-electron chi connectivity index (χ1n) is 4.31. The molecule has 0 atom stereocenters. The molecule has 0 saturated carbocycles. The number of rotatable bonds is 3. The van der Waals surface area contributed by atoms with Gasteiger partial charge >= 0.3 is 5.69 Å². The molecule has 0 amide bonds. The summed E-state index contributed by atoms with van der Waals surface area (Å²) in [5, 5.41) is 2.93. The average Bonchev–Trinajstić information content (AvgIpc) is 2.12. The van der Waals surface area contributed by atoms with Gasteiger partial charge in [-0.3, -0.25) is 14.8 Å². The van der Waals surface area contributed by atoms with Crippen molar-refractivity contribution in [2.75, 3.05) is 11.9 Å². The predicted octanol–water partition coefficient (Wildman–Crippen LogP) is 0.441. The summed E-state index contributed by atoms with van der Waals surface area (Å²) in [6.07, 6.45) is 1.96. The molecule has 5 heteroatoms. The number of nitrogens with one attached hydrogen (secondary N) is 3. The van der Waals surface area contributed by atoms with Crippen LogP contribution in [0.3, 0.4) is 0 Å². The zero-order valence-corrected chi connectivity index (χ0v) is 8.18. The molecule has 14 heavy (non-hydrogen) atoms. The fourth-order valence-corrected chi connectivity index (χ4v) is 0.901. The Labute approximate surface area is 80.9 Å². The van der Waals surface area contributed by atoms with Gasteiger partial charge in [-0.1, -0.05) is 11.6 Å². The quantitative estimate of drug-likeness (QED) is 0.612. The van der Waals surface area contributed by atoms with Crippen LogP contribution in [0.2, 0.25) is 0 Å². The summed E-state index contributed by atoms with van der Waals surface area (Å²) in [4.78, 5) is 26.3. The van der Waals surface area contributed by atoms with Crippen LogP contribution in [0.5, 0.6) is 0 Å². The van der Waals surface area contributed by atoms with Crippen molar-refractivity contribution in [3.8, 4) is 0 Å². The van der Waals surface area contributed by atoms with Crippen molar-refractivity contribution in [1.29, 1.82) is 0 Å². The highest BCUT2D eigenvalue weighted by molar-refractivity contribution is 5.33. The van der Waals surface area contributed by atoms with Crippen LogP contribution < -0.4 is 16.6 Å². The highest BCUT2D eigenvalue weighted by Crippen LogP contribution is 1.96. The third-order valence-corrected chi connectivity index (χ3v) is 1.81. The second-order valence-electron chi connectivity index (χ2n) is 2.99. The Morgan fingerprint density at radius 2 is 2.21 bits per heavy atom. The van der Waals surface area contributed by atoms with Crippen LogP contribution in [-0.2, 0) is 0 Å². The van der Waals surface area contributed by atoms with E-state index in [1.807, 2.05) is 19.9 Å². The Kier molecular flexibility index (Phi) is 3.28. The van der Waals surface area contributed by atoms with E-state index < -0.39 is 11.2 Å². The molecule has 0 unspecified atom stereocenters. The standard InChI is InChI=1S/C9H13N3O2/c1-3-6(2)5-10-7-4-8(13)12-9(14)11-7/h3-4H,5H2,1-2H3,(H3,10,11,12,13,14)/b6-3+. The second-order valence-corrected chi connectivity index (χ2v) is 2.99. The lowest BCUT2D eigenvalue weighted by molar-refractivity contribution is 1.02. The molecule has 0 aliphatic heterocycles. The normalized spacial score (nSPS) is 11.4. The maximum Gasteiger partial charge on any atom is 0.327 e. The first-order valence-corrected chi connectivity index (χ1v) is 4.31. The molecule has 0 radical (unpaired) electrons. The van der Waals surface area contributed by atoms with Crippen LogP contribution in [0.4, 0.5) is 5.82 Å². The highest BCUT2D eigenvalue weighted by atomic mass is 16.2. The minimum Gasteiger partial charge on any atom is -0.368 e. The van der Waals surface area contributed by atoms with E-state index in [1.54, 1.807) is 0 Å². The van der Waals surface area contributed by atoms with Gasteiger partial charge in [-0.25, -0.2) is 4.79 Å². The Morgan fingerprint density at radius 3 is 2.79 bits per heavy atom. The van der Waals surface area contributed by atoms with Crippen LogP contribution in [0.15, 0.2) is 27.3 Å². The number of allylic oxidation sites excluding steroid dienone is 1. The molecule has 1 rings (SSSR count). The topological polar surface area (TPSA) is 77.8 Å². The van der Waals surface area contributed by atoms with E-state index in [9.17, 15) is 9.59 Å². The molecule has 0 bridgehead atoms. The number of anilines is 1. The van der Waals surface area contributed by atoms with E-state index in [1.165, 1.54) is 6.07 Å². The van der Waals surface area contributed by atoms with Gasteiger partial charge in [-0.2, -0.15) is 0 Å². The molecular formula is C9H13N3O2. The second kappa shape index (κ2) is 4.45. The summed E-state index contributed by atoms with van der Waals surface area (Å²) in [5.41, 5.74) is 0.221. The Hall–Kier alpha value is -1.78. The number of aromatic amines is 2. The zero-order valence-electron chi connectivity index (χ0n) is 8.18. The SMILES string of the molecule is C/C=C(\C)CNc1cc(=O)[nH]c(=O)[nH]1. The molecule has 0 aliphatic carbocycles. The molecule has 1 aromatic heterocycles. The van der Waals surface area contributed by atoms with E-state index in [-0.39, 0.29) is 0 Å². The summed E-state index contributed by atoms with van der Waals surface area (Å²) in [6, 6.07) is 1.31. The largest absolute Gasteiger partial charge is 0.368 e. The summed E-state index contributed by atoms with van der Waals surface area (Å²) in [7, 11) is 0. The molecule has 1 heterocycles. The predicted molar refractivity (Wildman–Crippen MR) is 55.6 cm³/mol. The van der Waals surface area contributed by atoms with Crippen molar-refractivity contribution in [3.05, 3.63) is 38.6 Å². The number of H-pyrrole nitrogens is 2. The van der Waals surface area contributed by atoms with Crippen molar-refractivity contribution >= 4 is 5.82 Å². The molecule has 5 nitrogen and oxygen atoms in total. The van der Waals surface area contributed by atoms with Crippen LogP contribution >= 0.6 is 0 Å². The molecular weight excluding hydrogens is 182 g/mol. The highest BCUT2D eigenvalue weighted by Gasteiger charge is 1.95. The summed E-state index contributed by atoms with van der Waals surface area (Å²) >= 11 is 0. The lowest BCUT2D eigenvalue weighted by Gasteiger charge is -2.04. The number of hydrogen-bond donors (Lipinski definition) is 3. The first kappa shape index (κ1) is 10.3. The summed E-state index contributed by atoms with van der Waals surface area (Å²) in [6.45, 7) is 4.49. The van der Waals surface area contributed by atoms with Crippen LogP contribution in [0, 0.1) is 0 Å². The Morgan fingerprint density at radius 1 is 1.50 bits per heavy atom. The van der Waals surface area contributed by atoms with Gasteiger partial charge in [0.2, 0.25) is 0 Å². The van der Waals surface area contributed by atoms with E-state index in [4.69, 9.17) is 0 Å². The van der Waals surface area contributed by atoms with Crippen molar-refractivity contribution in [1.82, 2.24) is 9.97 Å². The van der Waals surface area contributed by atoms with Gasteiger partial charge in [0.1, 0.15) is 5.82 Å². The smallest absolute Gasteiger partial charge is 0.327 e. The lowest BCUT2D eigenvalue weighted by Crippen LogP contribution is -2.23. The summed E-state index contributed by atoms with van der Waals surface area (Å²) in [5.74, 6) is 0.431. The third-order valence-electron chi connectivity index (χ3n) is 1.81. The van der Waals surface area contributed by atoms with Crippen LogP contribution in [0.1, 0.15) is 13.8 Å². The Balaban J connectivity index is 2.78. The van der Waals surface area contributed by atoms with Gasteiger partial charge in [0, 0.05) is 12.6 Å². The fourth-order valence-electron chi connectivity index (χ4n) is 0.901. The van der Waals surface area contributed by atoms with Gasteiger partial charge in [0.15, 0.2) is 0 Å². The van der Waals surface area contributed by atoms with E-state index in [0.29, 0.717) is 12.4 Å². The van der Waals surface area contributed by atoms with E-state index >= 15 is 0 Å². The average molecular weight is 195 g/mol. The fraction of sp³-hybridized carbons (Fsp3) is 0.333. The van der Waals surface area contributed by atoms with Gasteiger partial charge in [-0.05, 0) is 13.8 Å². The summed E-state index contributed by atoms with van der Waals surface area (Å²) < 4.78 is 0. The van der Waals surface area contributed by atoms with Gasteiger partial charge in [-0.15, -0.1) is 0 Å². The monoisotopic (exact) mass is 195 g/mol. The Bertz CT molecular complexity index is 414. The van der Waals surface area contributed by atoms with Crippen LogP contribution in [0.25, 0.3) is 0 Å². The maximum atomic E-state index is 10.9. The molecule has 0 fully saturated rings. The van der Waals surface area contributed by atoms with E-state index in [2.05, 4.69) is 15.3 Å².